The zero-order chi connectivity index (χ0) is 8.48. The Labute approximate surface area is 69.9 Å². The van der Waals surface area contributed by atoms with Crippen LogP contribution in [-0.2, 0) is 0 Å². The normalized spacial score (nSPS) is 25.4. The van der Waals surface area contributed by atoms with Gasteiger partial charge in [-0.25, -0.2) is 0 Å². The van der Waals surface area contributed by atoms with Crippen LogP contribution in [-0.4, -0.2) is 6.54 Å². The lowest BCUT2D eigenvalue weighted by molar-refractivity contribution is 0.308. The molecular weight excluding hydrogens is 134 g/mol. The van der Waals surface area contributed by atoms with Crippen molar-refractivity contribution < 1.29 is 0 Å². The second-order valence-electron chi connectivity index (χ2n) is 4.82. The zero-order valence-corrected chi connectivity index (χ0v) is 7.91. The molecule has 0 spiro atoms. The van der Waals surface area contributed by atoms with Crippen LogP contribution in [0.5, 0.6) is 0 Å². The van der Waals surface area contributed by atoms with Crippen LogP contribution >= 0.6 is 0 Å². The van der Waals surface area contributed by atoms with Gasteiger partial charge in [0, 0.05) is 12.2 Å². The van der Waals surface area contributed by atoms with E-state index in [0.29, 0.717) is 5.41 Å². The van der Waals surface area contributed by atoms with Gasteiger partial charge in [0.05, 0.1) is 0 Å². The molecule has 0 saturated carbocycles. The highest BCUT2D eigenvalue weighted by Crippen LogP contribution is 2.29. The van der Waals surface area contributed by atoms with Crippen molar-refractivity contribution in [3.63, 3.8) is 0 Å². The first-order valence-corrected chi connectivity index (χ1v) is 4.39. The van der Waals surface area contributed by atoms with E-state index in [9.17, 15) is 0 Å². The minimum atomic E-state index is 0.469. The van der Waals surface area contributed by atoms with Crippen LogP contribution in [0, 0.1) is 11.3 Å². The number of rotatable bonds is 1. The SMILES string of the molecule is C=C1CC(CC(C)(C)C)CN1. The molecule has 11 heavy (non-hydrogen) atoms. The Morgan fingerprint density at radius 3 is 2.55 bits per heavy atom. The third kappa shape index (κ3) is 2.96. The van der Waals surface area contributed by atoms with E-state index in [1.165, 1.54) is 18.5 Å². The summed E-state index contributed by atoms with van der Waals surface area (Å²) in [6.07, 6.45) is 2.48. The van der Waals surface area contributed by atoms with Crippen molar-refractivity contribution in [2.24, 2.45) is 11.3 Å². The first-order chi connectivity index (χ1) is 4.97. The largest absolute Gasteiger partial charge is 0.389 e. The molecule has 1 saturated heterocycles. The van der Waals surface area contributed by atoms with Crippen molar-refractivity contribution in [2.45, 2.75) is 33.6 Å². The highest BCUT2D eigenvalue weighted by Gasteiger charge is 2.22. The van der Waals surface area contributed by atoms with E-state index in [-0.39, 0.29) is 0 Å². The number of allylic oxidation sites excluding steroid dienone is 1. The average Bonchev–Trinajstić information content (AvgIpc) is 2.10. The summed E-state index contributed by atoms with van der Waals surface area (Å²) in [5.74, 6) is 0.822. The van der Waals surface area contributed by atoms with Crippen molar-refractivity contribution in [2.75, 3.05) is 6.54 Å². The molecule has 64 valence electrons. The molecule has 1 rings (SSSR count). The molecule has 1 heterocycles. The molecule has 1 atom stereocenters. The molecule has 0 aromatic heterocycles. The highest BCUT2D eigenvalue weighted by molar-refractivity contribution is 5.00. The Bertz CT molecular complexity index is 153. The lowest BCUT2D eigenvalue weighted by Gasteiger charge is -2.21. The van der Waals surface area contributed by atoms with Crippen LogP contribution in [0.2, 0.25) is 0 Å². The van der Waals surface area contributed by atoms with Gasteiger partial charge >= 0.3 is 0 Å². The van der Waals surface area contributed by atoms with Crippen molar-refractivity contribution in [3.8, 4) is 0 Å². The Morgan fingerprint density at radius 2 is 2.18 bits per heavy atom. The molecule has 1 nitrogen and oxygen atoms in total. The van der Waals surface area contributed by atoms with Gasteiger partial charge in [-0.05, 0) is 24.2 Å². The Balaban J connectivity index is 2.34. The summed E-state index contributed by atoms with van der Waals surface area (Å²) in [5.41, 5.74) is 1.69. The zero-order valence-electron chi connectivity index (χ0n) is 7.91. The topological polar surface area (TPSA) is 12.0 Å². The van der Waals surface area contributed by atoms with Gasteiger partial charge in [0.2, 0.25) is 0 Å². The molecule has 0 aromatic carbocycles. The first kappa shape index (κ1) is 8.63. The van der Waals surface area contributed by atoms with Crippen molar-refractivity contribution in [1.29, 1.82) is 0 Å². The number of hydrogen-bond acceptors (Lipinski definition) is 1. The molecular formula is C10H19N. The predicted molar refractivity (Wildman–Crippen MR) is 49.3 cm³/mol. The quantitative estimate of drug-likeness (QED) is 0.610. The molecule has 1 unspecified atom stereocenters. The van der Waals surface area contributed by atoms with Crippen LogP contribution in [0.4, 0.5) is 0 Å². The van der Waals surface area contributed by atoms with E-state index in [1.54, 1.807) is 0 Å². The molecule has 1 N–H and O–H groups in total. The Hall–Kier alpha value is -0.460. The molecule has 0 aliphatic carbocycles. The summed E-state index contributed by atoms with van der Waals surface area (Å²) < 4.78 is 0. The maximum absolute atomic E-state index is 3.92. The van der Waals surface area contributed by atoms with Gasteiger partial charge in [-0.1, -0.05) is 27.4 Å². The fourth-order valence-corrected chi connectivity index (χ4v) is 1.79. The van der Waals surface area contributed by atoms with Gasteiger partial charge in [0.1, 0.15) is 0 Å². The van der Waals surface area contributed by atoms with Gasteiger partial charge in [0.15, 0.2) is 0 Å². The summed E-state index contributed by atoms with van der Waals surface area (Å²) >= 11 is 0. The molecule has 1 aliphatic rings. The number of nitrogens with one attached hydrogen (secondary N) is 1. The summed E-state index contributed by atoms with van der Waals surface area (Å²) in [7, 11) is 0. The minimum Gasteiger partial charge on any atom is -0.389 e. The monoisotopic (exact) mass is 153 g/mol. The van der Waals surface area contributed by atoms with Crippen molar-refractivity contribution >= 4 is 0 Å². The van der Waals surface area contributed by atoms with E-state index in [1.807, 2.05) is 0 Å². The van der Waals surface area contributed by atoms with Gasteiger partial charge in [-0.2, -0.15) is 0 Å². The first-order valence-electron chi connectivity index (χ1n) is 4.39. The van der Waals surface area contributed by atoms with E-state index in [2.05, 4.69) is 32.7 Å². The van der Waals surface area contributed by atoms with Gasteiger partial charge < -0.3 is 5.32 Å². The maximum Gasteiger partial charge on any atom is 0.0176 e. The average molecular weight is 153 g/mol. The van der Waals surface area contributed by atoms with Gasteiger partial charge in [0.25, 0.3) is 0 Å². The Morgan fingerprint density at radius 1 is 1.55 bits per heavy atom. The smallest absolute Gasteiger partial charge is 0.0176 e. The van der Waals surface area contributed by atoms with Crippen LogP contribution in [0.1, 0.15) is 33.6 Å². The fraction of sp³-hybridized carbons (Fsp3) is 0.800. The molecule has 0 radical (unpaired) electrons. The standard InChI is InChI=1S/C10H19N/c1-8-5-9(7-11-8)6-10(2,3)4/h9,11H,1,5-7H2,2-4H3. The molecule has 1 heteroatoms. The predicted octanol–water partition coefficient (Wildman–Crippen LogP) is 2.55. The lowest BCUT2D eigenvalue weighted by atomic mass is 9.84. The molecule has 1 fully saturated rings. The molecule has 0 bridgehead atoms. The molecule has 0 aromatic rings. The molecule has 0 amide bonds. The van der Waals surface area contributed by atoms with E-state index in [4.69, 9.17) is 0 Å². The second-order valence-corrected chi connectivity index (χ2v) is 4.82. The van der Waals surface area contributed by atoms with Crippen molar-refractivity contribution in [1.82, 2.24) is 5.32 Å². The minimum absolute atomic E-state index is 0.469. The van der Waals surface area contributed by atoms with Crippen LogP contribution in [0.15, 0.2) is 12.3 Å². The summed E-state index contributed by atoms with van der Waals surface area (Å²) in [6.45, 7) is 12.0. The van der Waals surface area contributed by atoms with Crippen LogP contribution < -0.4 is 5.32 Å². The van der Waals surface area contributed by atoms with Crippen LogP contribution in [0.25, 0.3) is 0 Å². The third-order valence-electron chi connectivity index (χ3n) is 2.08. The Kier molecular flexibility index (Phi) is 2.26. The van der Waals surface area contributed by atoms with E-state index >= 15 is 0 Å². The van der Waals surface area contributed by atoms with Crippen LogP contribution in [0.3, 0.4) is 0 Å². The second kappa shape index (κ2) is 2.88. The third-order valence-corrected chi connectivity index (χ3v) is 2.08. The summed E-state index contributed by atoms with van der Waals surface area (Å²) in [4.78, 5) is 0. The summed E-state index contributed by atoms with van der Waals surface area (Å²) in [6, 6.07) is 0. The van der Waals surface area contributed by atoms with E-state index in [0.717, 1.165) is 12.5 Å². The van der Waals surface area contributed by atoms with Gasteiger partial charge in [-0.3, -0.25) is 0 Å². The number of hydrogen-bond donors (Lipinski definition) is 1. The van der Waals surface area contributed by atoms with Crippen molar-refractivity contribution in [3.05, 3.63) is 12.3 Å². The highest BCUT2D eigenvalue weighted by atomic mass is 14.9. The maximum atomic E-state index is 3.92. The fourth-order valence-electron chi connectivity index (χ4n) is 1.79. The van der Waals surface area contributed by atoms with E-state index < -0.39 is 0 Å². The van der Waals surface area contributed by atoms with Gasteiger partial charge in [-0.15, -0.1) is 0 Å². The molecule has 1 aliphatic heterocycles. The summed E-state index contributed by atoms with van der Waals surface area (Å²) in [5, 5.41) is 3.30. The lowest BCUT2D eigenvalue weighted by Crippen LogP contribution is -2.15.